The van der Waals surface area contributed by atoms with Crippen LogP contribution in [0.3, 0.4) is 0 Å². The molecule has 21 heavy (non-hydrogen) atoms. The van der Waals surface area contributed by atoms with E-state index in [1.54, 1.807) is 13.0 Å². The predicted octanol–water partition coefficient (Wildman–Crippen LogP) is 0.617. The molecular formula is C13H15N3O5. The van der Waals surface area contributed by atoms with Gasteiger partial charge in [0.1, 0.15) is 18.8 Å². The maximum Gasteiger partial charge on any atom is 0.325 e. The molecule has 0 saturated carbocycles. The summed E-state index contributed by atoms with van der Waals surface area (Å²) in [7, 11) is 1.22. The summed E-state index contributed by atoms with van der Waals surface area (Å²) in [4.78, 5) is 23.2. The first-order valence-electron chi connectivity index (χ1n) is 6.19. The highest BCUT2D eigenvalue weighted by Crippen LogP contribution is 2.31. The van der Waals surface area contributed by atoms with Crippen LogP contribution in [-0.2, 0) is 20.9 Å². The van der Waals surface area contributed by atoms with E-state index in [1.165, 1.54) is 24.6 Å². The molecule has 1 aliphatic heterocycles. The van der Waals surface area contributed by atoms with Crippen LogP contribution in [0, 0.1) is 0 Å². The number of furan rings is 1. The maximum absolute atomic E-state index is 12.2. The minimum Gasteiger partial charge on any atom is -0.505 e. The molecule has 2 heterocycles. The van der Waals surface area contributed by atoms with Crippen molar-refractivity contribution in [2.24, 2.45) is 5.10 Å². The van der Waals surface area contributed by atoms with Crippen molar-refractivity contribution in [2.75, 3.05) is 13.7 Å². The fourth-order valence-corrected chi connectivity index (χ4v) is 1.91. The number of ether oxygens (including phenoxy) is 1. The number of hydrogen-bond acceptors (Lipinski definition) is 7. The van der Waals surface area contributed by atoms with Crippen molar-refractivity contribution in [1.29, 1.82) is 0 Å². The van der Waals surface area contributed by atoms with Gasteiger partial charge in [-0.1, -0.05) is 0 Å². The van der Waals surface area contributed by atoms with E-state index in [0.29, 0.717) is 11.3 Å². The van der Waals surface area contributed by atoms with E-state index in [-0.39, 0.29) is 24.5 Å². The Morgan fingerprint density at radius 2 is 2.38 bits per heavy atom. The maximum atomic E-state index is 12.2. The number of rotatable bonds is 4. The van der Waals surface area contributed by atoms with Crippen LogP contribution in [0.25, 0.3) is 5.76 Å². The molecule has 8 nitrogen and oxygen atoms in total. The summed E-state index contributed by atoms with van der Waals surface area (Å²) in [6.45, 7) is 1.59. The fourth-order valence-electron chi connectivity index (χ4n) is 1.91. The molecule has 1 aliphatic rings. The van der Waals surface area contributed by atoms with Gasteiger partial charge in [0, 0.05) is 6.21 Å². The van der Waals surface area contributed by atoms with Crippen LogP contribution in [0.15, 0.2) is 27.5 Å². The monoisotopic (exact) mass is 293 g/mol. The number of esters is 1. The number of amides is 1. The summed E-state index contributed by atoms with van der Waals surface area (Å²) in [5.41, 5.74) is 0.381. The van der Waals surface area contributed by atoms with E-state index in [2.05, 4.69) is 15.2 Å². The molecule has 0 atom stereocenters. The van der Waals surface area contributed by atoms with Crippen molar-refractivity contribution in [3.63, 3.8) is 0 Å². The summed E-state index contributed by atoms with van der Waals surface area (Å²) < 4.78 is 9.67. The number of nitrogens with zero attached hydrogens (tertiary/aromatic N) is 2. The van der Waals surface area contributed by atoms with E-state index in [4.69, 9.17) is 4.42 Å². The van der Waals surface area contributed by atoms with Crippen molar-refractivity contribution in [1.82, 2.24) is 10.3 Å². The van der Waals surface area contributed by atoms with Gasteiger partial charge >= 0.3 is 5.97 Å². The van der Waals surface area contributed by atoms with Gasteiger partial charge in [-0.15, -0.1) is 0 Å². The zero-order valence-electron chi connectivity index (χ0n) is 11.6. The number of hydrogen-bond donors (Lipinski definition) is 2. The number of fused-ring (bicyclic) bond motifs is 1. The Kier molecular flexibility index (Phi) is 4.27. The van der Waals surface area contributed by atoms with Gasteiger partial charge in [-0.3, -0.25) is 9.59 Å². The number of aliphatic hydroxyl groups is 1. The van der Waals surface area contributed by atoms with E-state index in [9.17, 15) is 14.7 Å². The summed E-state index contributed by atoms with van der Waals surface area (Å²) >= 11 is 0. The summed E-state index contributed by atoms with van der Waals surface area (Å²) in [6, 6.07) is 1.56. The normalized spacial score (nSPS) is 14.3. The molecule has 0 spiro atoms. The van der Waals surface area contributed by atoms with Gasteiger partial charge < -0.3 is 19.6 Å². The lowest BCUT2D eigenvalue weighted by Crippen LogP contribution is -2.38. The van der Waals surface area contributed by atoms with Crippen molar-refractivity contribution < 1.29 is 23.8 Å². The van der Waals surface area contributed by atoms with Gasteiger partial charge in [0.05, 0.1) is 18.9 Å². The second-order valence-electron chi connectivity index (χ2n) is 4.14. The standard InChI is InChI=1S/C13H15N3O5/c1-3-15-16-7-9-8(4-5-21-9)12(18)11(16)13(19)14-6-10(17)20-2/h3-5,18H,6-7H2,1-2H3,(H,14,19)/b15-3-. The van der Waals surface area contributed by atoms with Crippen molar-refractivity contribution in [3.05, 3.63) is 29.4 Å². The van der Waals surface area contributed by atoms with Crippen LogP contribution in [-0.4, -0.2) is 41.9 Å². The smallest absolute Gasteiger partial charge is 0.325 e. The second kappa shape index (κ2) is 6.12. The van der Waals surface area contributed by atoms with Crippen LogP contribution in [0.1, 0.15) is 18.2 Å². The summed E-state index contributed by atoms with van der Waals surface area (Å²) in [6.07, 6.45) is 2.90. The zero-order valence-corrected chi connectivity index (χ0v) is 11.6. The average Bonchev–Trinajstić information content (AvgIpc) is 2.93. The predicted molar refractivity (Wildman–Crippen MR) is 73.0 cm³/mol. The molecule has 1 aromatic heterocycles. The molecule has 0 unspecified atom stereocenters. The number of carbonyl (C=O) groups excluding carboxylic acids is 2. The van der Waals surface area contributed by atoms with E-state index < -0.39 is 11.9 Å². The Morgan fingerprint density at radius 3 is 3.05 bits per heavy atom. The molecule has 1 aromatic rings. The molecule has 0 fully saturated rings. The van der Waals surface area contributed by atoms with Gasteiger partial charge in [-0.2, -0.15) is 5.10 Å². The topological polar surface area (TPSA) is 104 Å². The van der Waals surface area contributed by atoms with Crippen LogP contribution >= 0.6 is 0 Å². The third-order valence-electron chi connectivity index (χ3n) is 2.87. The minimum atomic E-state index is -0.629. The molecule has 0 aromatic carbocycles. The Bertz CT molecular complexity index is 617. The van der Waals surface area contributed by atoms with Crippen LogP contribution in [0.5, 0.6) is 0 Å². The Labute approximate surface area is 120 Å². The average molecular weight is 293 g/mol. The molecule has 0 aliphatic carbocycles. The van der Waals surface area contributed by atoms with Crippen LogP contribution in [0.4, 0.5) is 0 Å². The van der Waals surface area contributed by atoms with Gasteiger partial charge in [-0.05, 0) is 13.0 Å². The quantitative estimate of drug-likeness (QED) is 0.623. The molecule has 2 rings (SSSR count). The number of nitrogens with one attached hydrogen (secondary N) is 1. The minimum absolute atomic E-state index is 0.0501. The van der Waals surface area contributed by atoms with Gasteiger partial charge in [0.2, 0.25) is 0 Å². The lowest BCUT2D eigenvalue weighted by atomic mass is 10.1. The molecule has 0 saturated heterocycles. The molecular weight excluding hydrogens is 278 g/mol. The lowest BCUT2D eigenvalue weighted by molar-refractivity contribution is -0.140. The third-order valence-corrected chi connectivity index (χ3v) is 2.87. The molecule has 0 radical (unpaired) electrons. The first-order chi connectivity index (χ1) is 10.1. The first-order valence-corrected chi connectivity index (χ1v) is 6.19. The van der Waals surface area contributed by atoms with Crippen molar-refractivity contribution >= 4 is 23.9 Å². The molecule has 2 N–H and O–H groups in total. The van der Waals surface area contributed by atoms with Crippen molar-refractivity contribution in [2.45, 2.75) is 13.5 Å². The summed E-state index contributed by atoms with van der Waals surface area (Å²) in [5, 5.41) is 17.9. The lowest BCUT2D eigenvalue weighted by Gasteiger charge is -2.25. The van der Waals surface area contributed by atoms with E-state index in [1.807, 2.05) is 0 Å². The Balaban J connectivity index is 2.30. The van der Waals surface area contributed by atoms with Gasteiger partial charge in [0.15, 0.2) is 11.5 Å². The molecule has 1 amide bonds. The van der Waals surface area contributed by atoms with Crippen molar-refractivity contribution in [3.8, 4) is 0 Å². The van der Waals surface area contributed by atoms with Crippen LogP contribution in [0.2, 0.25) is 0 Å². The van der Waals surface area contributed by atoms with Gasteiger partial charge in [-0.25, -0.2) is 5.01 Å². The van der Waals surface area contributed by atoms with E-state index >= 15 is 0 Å². The van der Waals surface area contributed by atoms with E-state index in [0.717, 1.165) is 0 Å². The molecule has 8 heteroatoms. The highest BCUT2D eigenvalue weighted by atomic mass is 16.5. The Morgan fingerprint density at radius 1 is 1.62 bits per heavy atom. The number of aliphatic hydroxyl groups excluding tert-OH is 1. The SMILES string of the molecule is C/C=N\N1Cc2occc2C(O)=C1C(=O)NCC(=O)OC. The van der Waals surface area contributed by atoms with Crippen LogP contribution < -0.4 is 5.32 Å². The molecule has 0 bridgehead atoms. The first kappa shape index (κ1) is 14.6. The Hall–Kier alpha value is -2.77. The third kappa shape index (κ3) is 2.88. The largest absolute Gasteiger partial charge is 0.505 e. The summed E-state index contributed by atoms with van der Waals surface area (Å²) in [5.74, 6) is -0.968. The highest BCUT2D eigenvalue weighted by molar-refractivity contribution is 6.01. The number of carbonyl (C=O) groups is 2. The fraction of sp³-hybridized carbons (Fsp3) is 0.308. The second-order valence-corrected chi connectivity index (χ2v) is 4.14. The number of methoxy groups -OCH3 is 1. The molecule has 112 valence electrons. The highest BCUT2D eigenvalue weighted by Gasteiger charge is 2.31. The zero-order chi connectivity index (χ0) is 15.4. The number of hydrazone groups is 1. The van der Waals surface area contributed by atoms with Gasteiger partial charge in [0.25, 0.3) is 5.91 Å².